The van der Waals surface area contributed by atoms with Gasteiger partial charge in [0.1, 0.15) is 23.9 Å². The number of hydrogen-bond acceptors (Lipinski definition) is 8. The van der Waals surface area contributed by atoms with Crippen molar-refractivity contribution in [1.29, 1.82) is 0 Å². The van der Waals surface area contributed by atoms with Crippen LogP contribution in [0.2, 0.25) is 0 Å². The Hall–Kier alpha value is -4.79. The first kappa shape index (κ1) is 24.9. The minimum absolute atomic E-state index is 0.0559. The molecule has 0 bridgehead atoms. The molecule has 9 heteroatoms. The van der Waals surface area contributed by atoms with Crippen LogP contribution in [0.1, 0.15) is 27.5 Å². The zero-order valence-electron chi connectivity index (χ0n) is 21.1. The molecule has 194 valence electrons. The molecule has 1 atom stereocenters. The molecule has 2 aliphatic rings. The van der Waals surface area contributed by atoms with Crippen LogP contribution in [0.5, 0.6) is 11.5 Å². The molecule has 0 spiro atoms. The summed E-state index contributed by atoms with van der Waals surface area (Å²) in [5.74, 6) is -1.25. The third-order valence-corrected chi connectivity index (χ3v) is 6.75. The number of aliphatic hydroxyl groups excluding tert-OH is 1. The first-order chi connectivity index (χ1) is 18.3. The van der Waals surface area contributed by atoms with Gasteiger partial charge < -0.3 is 24.2 Å². The first-order valence-corrected chi connectivity index (χ1v) is 12.0. The molecule has 38 heavy (non-hydrogen) atoms. The highest BCUT2D eigenvalue weighted by Crippen LogP contribution is 2.44. The molecule has 1 unspecified atom stereocenters. The first-order valence-electron chi connectivity index (χ1n) is 12.0. The van der Waals surface area contributed by atoms with Crippen molar-refractivity contribution in [3.05, 3.63) is 89.0 Å². The minimum atomic E-state index is -0.945. The number of ether oxygens (including phenoxy) is 3. The second kappa shape index (κ2) is 9.93. The van der Waals surface area contributed by atoms with Gasteiger partial charge in [0, 0.05) is 18.3 Å². The maximum Gasteiger partial charge on any atom is 0.337 e. The van der Waals surface area contributed by atoms with Crippen LogP contribution >= 0.6 is 0 Å². The lowest BCUT2D eigenvalue weighted by Gasteiger charge is -2.28. The van der Waals surface area contributed by atoms with Crippen LogP contribution in [0.4, 0.5) is 11.4 Å². The van der Waals surface area contributed by atoms with Crippen LogP contribution in [-0.2, 0) is 14.3 Å². The van der Waals surface area contributed by atoms with Gasteiger partial charge >= 0.3 is 5.97 Å². The maximum absolute atomic E-state index is 13.5. The number of carbonyl (C=O) groups excluding carboxylic acids is 3. The zero-order chi connectivity index (χ0) is 27.0. The Balaban J connectivity index is 1.67. The Bertz CT molecular complexity index is 1460. The predicted octanol–water partition coefficient (Wildman–Crippen LogP) is 3.94. The summed E-state index contributed by atoms with van der Waals surface area (Å²) in [6.45, 7) is 1.22. The zero-order valence-corrected chi connectivity index (χ0v) is 21.1. The number of aliphatic hydroxyl groups is 1. The van der Waals surface area contributed by atoms with Gasteiger partial charge in [0.2, 0.25) is 0 Å². The van der Waals surface area contributed by atoms with Gasteiger partial charge in [-0.3, -0.25) is 14.5 Å². The van der Waals surface area contributed by atoms with E-state index in [-0.39, 0.29) is 11.3 Å². The molecule has 1 fully saturated rings. The van der Waals surface area contributed by atoms with Crippen LogP contribution in [-0.4, -0.2) is 57.2 Å². The van der Waals surface area contributed by atoms with E-state index < -0.39 is 23.7 Å². The highest BCUT2D eigenvalue weighted by atomic mass is 16.5. The number of fused-ring (bicyclic) bond motifs is 1. The van der Waals surface area contributed by atoms with Gasteiger partial charge in [-0.2, -0.15) is 0 Å². The van der Waals surface area contributed by atoms with Gasteiger partial charge in [-0.15, -0.1) is 0 Å². The Labute approximate surface area is 219 Å². The monoisotopic (exact) mass is 514 g/mol. The smallest absolute Gasteiger partial charge is 0.337 e. The Kier molecular flexibility index (Phi) is 6.50. The highest BCUT2D eigenvalue weighted by molar-refractivity contribution is 6.51. The topological polar surface area (TPSA) is 106 Å². The molecule has 3 aromatic rings. The summed E-state index contributed by atoms with van der Waals surface area (Å²) in [5, 5.41) is 11.5. The van der Waals surface area contributed by atoms with Crippen molar-refractivity contribution in [2.75, 3.05) is 44.2 Å². The number of ketones is 1. The largest absolute Gasteiger partial charge is 0.507 e. The van der Waals surface area contributed by atoms with Crippen molar-refractivity contribution in [2.45, 2.75) is 6.04 Å². The summed E-state index contributed by atoms with van der Waals surface area (Å²) >= 11 is 0. The quantitative estimate of drug-likeness (QED) is 0.236. The number of benzene rings is 3. The third-order valence-electron chi connectivity index (χ3n) is 6.75. The van der Waals surface area contributed by atoms with Crippen molar-refractivity contribution in [1.82, 2.24) is 0 Å². The molecule has 5 rings (SSSR count). The minimum Gasteiger partial charge on any atom is -0.507 e. The van der Waals surface area contributed by atoms with Crippen LogP contribution in [0.15, 0.2) is 72.3 Å². The average Bonchev–Trinajstić information content (AvgIpc) is 3.22. The Morgan fingerprint density at radius 2 is 1.74 bits per heavy atom. The van der Waals surface area contributed by atoms with E-state index in [1.165, 1.54) is 31.3 Å². The van der Waals surface area contributed by atoms with Crippen molar-refractivity contribution in [3.8, 4) is 11.5 Å². The molecule has 2 aliphatic heterocycles. The third kappa shape index (κ3) is 4.21. The SMILES string of the molecule is COC(=O)c1ccc(N2C(=O)C(=O)/C(=C(\O)c3ccc4c(c3)N(C)CCO4)C2c2cccc(OC)c2)cc1. The Morgan fingerprint density at radius 1 is 1.00 bits per heavy atom. The fraction of sp³-hybridized carbons (Fsp3) is 0.207. The number of nitrogens with zero attached hydrogens (tertiary/aromatic N) is 2. The van der Waals surface area contributed by atoms with Gasteiger partial charge in [0.15, 0.2) is 0 Å². The number of likely N-dealkylation sites (N-methyl/N-ethyl adjacent to an activating group) is 1. The molecule has 0 saturated carbocycles. The van der Waals surface area contributed by atoms with Crippen LogP contribution < -0.4 is 19.3 Å². The van der Waals surface area contributed by atoms with Gasteiger partial charge in [-0.05, 0) is 60.2 Å². The van der Waals surface area contributed by atoms with Crippen molar-refractivity contribution >= 4 is 34.8 Å². The highest BCUT2D eigenvalue weighted by Gasteiger charge is 2.47. The van der Waals surface area contributed by atoms with Gasteiger partial charge in [0.05, 0.1) is 43.6 Å². The van der Waals surface area contributed by atoms with Gasteiger partial charge in [-0.1, -0.05) is 12.1 Å². The molecule has 1 N–H and O–H groups in total. The normalized spacial score (nSPS) is 18.1. The number of carbonyl (C=O) groups is 3. The summed E-state index contributed by atoms with van der Waals surface area (Å²) in [4.78, 5) is 42.1. The summed E-state index contributed by atoms with van der Waals surface area (Å²) in [7, 11) is 4.72. The van der Waals surface area contributed by atoms with Gasteiger partial charge in [0.25, 0.3) is 11.7 Å². The van der Waals surface area contributed by atoms with Crippen molar-refractivity contribution in [2.24, 2.45) is 0 Å². The fourth-order valence-corrected chi connectivity index (χ4v) is 4.76. The lowest BCUT2D eigenvalue weighted by atomic mass is 9.94. The lowest BCUT2D eigenvalue weighted by molar-refractivity contribution is -0.132. The van der Waals surface area contributed by atoms with E-state index in [4.69, 9.17) is 14.2 Å². The maximum atomic E-state index is 13.5. The van der Waals surface area contributed by atoms with Crippen LogP contribution in [0.25, 0.3) is 5.76 Å². The summed E-state index contributed by atoms with van der Waals surface area (Å²) in [5.41, 5.74) is 2.34. The summed E-state index contributed by atoms with van der Waals surface area (Å²) in [6.07, 6.45) is 0. The lowest BCUT2D eigenvalue weighted by Crippen LogP contribution is -2.29. The number of anilines is 2. The van der Waals surface area contributed by atoms with E-state index in [2.05, 4.69) is 0 Å². The molecule has 1 amide bonds. The number of amides is 1. The molecule has 0 aromatic heterocycles. The molecule has 0 radical (unpaired) electrons. The van der Waals surface area contributed by atoms with Crippen LogP contribution in [0, 0.1) is 0 Å². The summed E-state index contributed by atoms with van der Waals surface area (Å²) < 4.78 is 15.8. The number of rotatable bonds is 5. The molecule has 1 saturated heterocycles. The van der Waals surface area contributed by atoms with Crippen molar-refractivity contribution < 1.29 is 33.7 Å². The van der Waals surface area contributed by atoms with E-state index in [1.807, 2.05) is 11.9 Å². The van der Waals surface area contributed by atoms with E-state index in [0.29, 0.717) is 47.0 Å². The number of esters is 1. The summed E-state index contributed by atoms with van der Waals surface area (Å²) in [6, 6.07) is 17.3. The number of Topliss-reactive ketones (excluding diaryl/α,β-unsaturated/α-hetero) is 1. The molecular weight excluding hydrogens is 488 g/mol. The van der Waals surface area contributed by atoms with E-state index in [9.17, 15) is 19.5 Å². The molecule has 3 aromatic carbocycles. The van der Waals surface area contributed by atoms with E-state index in [0.717, 1.165) is 5.69 Å². The average molecular weight is 515 g/mol. The predicted molar refractivity (Wildman–Crippen MR) is 141 cm³/mol. The molecular formula is C29H26N2O7. The van der Waals surface area contributed by atoms with E-state index in [1.54, 1.807) is 54.6 Å². The van der Waals surface area contributed by atoms with Gasteiger partial charge in [-0.25, -0.2) is 4.79 Å². The number of hydrogen-bond donors (Lipinski definition) is 1. The van der Waals surface area contributed by atoms with Crippen LogP contribution in [0.3, 0.4) is 0 Å². The molecule has 2 heterocycles. The van der Waals surface area contributed by atoms with Crippen molar-refractivity contribution in [3.63, 3.8) is 0 Å². The second-order valence-electron chi connectivity index (χ2n) is 8.94. The standard InChI is InChI=1S/C29H26N2O7/c1-30-13-14-38-23-12-9-19(16-22(23)30)26(32)24-25(18-5-4-6-21(15-18)36-2)31(28(34)27(24)33)20-10-7-17(8-11-20)29(35)37-3/h4-12,15-16,25,32H,13-14H2,1-3H3/b26-24-. The molecule has 9 nitrogen and oxygen atoms in total. The number of methoxy groups -OCH3 is 2. The fourth-order valence-electron chi connectivity index (χ4n) is 4.76. The van der Waals surface area contributed by atoms with E-state index >= 15 is 0 Å². The molecule has 0 aliphatic carbocycles. The second-order valence-corrected chi connectivity index (χ2v) is 8.94. The Morgan fingerprint density at radius 3 is 2.45 bits per heavy atom.